The molecule has 0 spiro atoms. The molecule has 0 fully saturated rings. The molecule has 2 rings (SSSR count). The first-order chi connectivity index (χ1) is 8.60. The highest BCUT2D eigenvalue weighted by Crippen LogP contribution is 2.27. The van der Waals surface area contributed by atoms with E-state index in [9.17, 15) is 4.39 Å². The number of hydrogen-bond acceptors (Lipinski definition) is 3. The summed E-state index contributed by atoms with van der Waals surface area (Å²) in [6.07, 6.45) is 0. The molecule has 18 heavy (non-hydrogen) atoms. The molecular formula is C13H9ClFN3. The minimum Gasteiger partial charge on any atom is -0.397 e. The third kappa shape index (κ3) is 2.53. The number of rotatable bonds is 2. The number of nitrogen functional groups attached to an aromatic ring is 1. The normalized spacial score (nSPS) is 9.83. The van der Waals surface area contributed by atoms with Gasteiger partial charge < -0.3 is 11.1 Å². The molecule has 2 aromatic rings. The molecule has 0 aliphatic carbocycles. The maximum absolute atomic E-state index is 13.7. The van der Waals surface area contributed by atoms with E-state index in [-0.39, 0.29) is 11.3 Å². The van der Waals surface area contributed by atoms with Gasteiger partial charge in [0.1, 0.15) is 5.82 Å². The SMILES string of the molecule is N#Cc1ccc(Nc2ccc(Cl)cc2N)c(F)c1. The quantitative estimate of drug-likeness (QED) is 0.811. The van der Waals surface area contributed by atoms with Crippen LogP contribution in [0.25, 0.3) is 0 Å². The molecule has 2 aromatic carbocycles. The summed E-state index contributed by atoms with van der Waals surface area (Å²) in [5, 5.41) is 12.0. The number of nitrogens with one attached hydrogen (secondary N) is 1. The van der Waals surface area contributed by atoms with E-state index in [2.05, 4.69) is 5.32 Å². The van der Waals surface area contributed by atoms with Crippen molar-refractivity contribution >= 4 is 28.7 Å². The summed E-state index contributed by atoms with van der Waals surface area (Å²) in [7, 11) is 0. The van der Waals surface area contributed by atoms with Gasteiger partial charge in [0.05, 0.1) is 28.7 Å². The molecule has 5 heteroatoms. The Balaban J connectivity index is 2.32. The topological polar surface area (TPSA) is 61.8 Å². The molecule has 3 N–H and O–H groups in total. The zero-order chi connectivity index (χ0) is 13.1. The van der Waals surface area contributed by atoms with Crippen molar-refractivity contribution in [1.82, 2.24) is 0 Å². The number of anilines is 3. The molecular weight excluding hydrogens is 253 g/mol. The maximum atomic E-state index is 13.7. The van der Waals surface area contributed by atoms with Crippen LogP contribution in [0.4, 0.5) is 21.5 Å². The van der Waals surface area contributed by atoms with Gasteiger partial charge in [-0.05, 0) is 36.4 Å². The van der Waals surface area contributed by atoms with E-state index in [4.69, 9.17) is 22.6 Å². The molecule has 0 aliphatic rings. The lowest BCUT2D eigenvalue weighted by Crippen LogP contribution is -1.98. The van der Waals surface area contributed by atoms with Crippen LogP contribution in [-0.2, 0) is 0 Å². The Morgan fingerprint density at radius 3 is 2.50 bits per heavy atom. The zero-order valence-electron chi connectivity index (χ0n) is 9.24. The summed E-state index contributed by atoms with van der Waals surface area (Å²) in [4.78, 5) is 0. The summed E-state index contributed by atoms with van der Waals surface area (Å²) >= 11 is 5.77. The number of benzene rings is 2. The molecule has 0 saturated heterocycles. The fraction of sp³-hybridized carbons (Fsp3) is 0. The molecule has 0 atom stereocenters. The van der Waals surface area contributed by atoms with Gasteiger partial charge in [0.15, 0.2) is 0 Å². The van der Waals surface area contributed by atoms with Crippen molar-refractivity contribution in [1.29, 1.82) is 5.26 Å². The third-order valence-corrected chi connectivity index (χ3v) is 2.62. The van der Waals surface area contributed by atoms with Crippen molar-refractivity contribution < 1.29 is 4.39 Å². The lowest BCUT2D eigenvalue weighted by molar-refractivity contribution is 0.631. The molecule has 0 bridgehead atoms. The van der Waals surface area contributed by atoms with Crippen LogP contribution in [0.3, 0.4) is 0 Å². The number of hydrogen-bond donors (Lipinski definition) is 2. The summed E-state index contributed by atoms with van der Waals surface area (Å²) < 4.78 is 13.7. The van der Waals surface area contributed by atoms with Crippen LogP contribution in [-0.4, -0.2) is 0 Å². The van der Waals surface area contributed by atoms with Crippen LogP contribution < -0.4 is 11.1 Å². The van der Waals surface area contributed by atoms with Gasteiger partial charge in [0.2, 0.25) is 0 Å². The Labute approximate surface area is 109 Å². The van der Waals surface area contributed by atoms with Gasteiger partial charge in [0, 0.05) is 5.02 Å². The standard InChI is InChI=1S/C13H9ClFN3/c14-9-2-4-13(11(17)6-9)18-12-3-1-8(7-16)5-10(12)15/h1-6,18H,17H2. The van der Waals surface area contributed by atoms with E-state index in [0.717, 1.165) is 6.07 Å². The Bertz CT molecular complexity index is 635. The minimum atomic E-state index is -0.511. The van der Waals surface area contributed by atoms with Gasteiger partial charge >= 0.3 is 0 Å². The average Bonchev–Trinajstić information content (AvgIpc) is 2.34. The van der Waals surface area contributed by atoms with Gasteiger partial charge in [-0.2, -0.15) is 5.26 Å². The van der Waals surface area contributed by atoms with Gasteiger partial charge in [-0.3, -0.25) is 0 Å². The van der Waals surface area contributed by atoms with E-state index < -0.39 is 5.82 Å². The van der Waals surface area contributed by atoms with Crippen LogP contribution in [0.1, 0.15) is 5.56 Å². The molecule has 0 heterocycles. The van der Waals surface area contributed by atoms with Gasteiger partial charge in [-0.15, -0.1) is 0 Å². The lowest BCUT2D eigenvalue weighted by Gasteiger charge is -2.10. The lowest BCUT2D eigenvalue weighted by atomic mass is 10.2. The predicted octanol–water partition coefficient (Wildman–Crippen LogP) is 3.68. The van der Waals surface area contributed by atoms with Crippen molar-refractivity contribution in [3.05, 3.63) is 52.8 Å². The highest BCUT2D eigenvalue weighted by Gasteiger charge is 2.06. The van der Waals surface area contributed by atoms with E-state index in [1.165, 1.54) is 12.1 Å². The maximum Gasteiger partial charge on any atom is 0.147 e. The molecule has 0 amide bonds. The number of nitrogens with two attached hydrogens (primary N) is 1. The monoisotopic (exact) mass is 261 g/mol. The highest BCUT2D eigenvalue weighted by atomic mass is 35.5. The first-order valence-electron chi connectivity index (χ1n) is 5.12. The van der Waals surface area contributed by atoms with E-state index in [1.54, 1.807) is 18.2 Å². The fourth-order valence-electron chi connectivity index (χ4n) is 1.48. The highest BCUT2D eigenvalue weighted by molar-refractivity contribution is 6.31. The smallest absolute Gasteiger partial charge is 0.147 e. The van der Waals surface area contributed by atoms with E-state index in [1.807, 2.05) is 6.07 Å². The van der Waals surface area contributed by atoms with Crippen LogP contribution in [0.5, 0.6) is 0 Å². The van der Waals surface area contributed by atoms with Gasteiger partial charge in [-0.1, -0.05) is 11.6 Å². The van der Waals surface area contributed by atoms with Crippen molar-refractivity contribution in [2.75, 3.05) is 11.1 Å². The van der Waals surface area contributed by atoms with Crippen molar-refractivity contribution in [2.45, 2.75) is 0 Å². The molecule has 3 nitrogen and oxygen atoms in total. The number of nitriles is 1. The van der Waals surface area contributed by atoms with E-state index >= 15 is 0 Å². The molecule has 0 aliphatic heterocycles. The number of halogens is 2. The molecule has 90 valence electrons. The number of nitrogens with zero attached hydrogens (tertiary/aromatic N) is 1. The minimum absolute atomic E-state index is 0.253. The second kappa shape index (κ2) is 4.94. The van der Waals surface area contributed by atoms with Crippen molar-refractivity contribution in [3.63, 3.8) is 0 Å². The summed E-state index contributed by atoms with van der Waals surface area (Å²) in [5.74, 6) is -0.511. The Kier molecular flexibility index (Phi) is 3.35. The predicted molar refractivity (Wildman–Crippen MR) is 70.3 cm³/mol. The Morgan fingerprint density at radius 2 is 1.89 bits per heavy atom. The summed E-state index contributed by atoms with van der Waals surface area (Å²) in [5.41, 5.74) is 7.25. The summed E-state index contributed by atoms with van der Waals surface area (Å²) in [6.45, 7) is 0. The van der Waals surface area contributed by atoms with E-state index in [0.29, 0.717) is 16.4 Å². The van der Waals surface area contributed by atoms with Crippen LogP contribution >= 0.6 is 11.6 Å². The molecule has 0 aromatic heterocycles. The van der Waals surface area contributed by atoms with Crippen molar-refractivity contribution in [2.24, 2.45) is 0 Å². The molecule has 0 saturated carbocycles. The molecule has 0 radical (unpaired) electrons. The van der Waals surface area contributed by atoms with Crippen molar-refractivity contribution in [3.8, 4) is 6.07 Å². The first-order valence-corrected chi connectivity index (χ1v) is 5.49. The zero-order valence-corrected chi connectivity index (χ0v) is 10.0. The molecule has 0 unspecified atom stereocenters. The second-order valence-electron chi connectivity index (χ2n) is 3.66. The Morgan fingerprint density at radius 1 is 1.17 bits per heavy atom. The van der Waals surface area contributed by atoms with Crippen LogP contribution in [0.2, 0.25) is 5.02 Å². The fourth-order valence-corrected chi connectivity index (χ4v) is 1.66. The van der Waals surface area contributed by atoms with Gasteiger partial charge in [0.25, 0.3) is 0 Å². The first kappa shape index (κ1) is 12.2. The van der Waals surface area contributed by atoms with Crippen LogP contribution in [0.15, 0.2) is 36.4 Å². The Hall–Kier alpha value is -2.25. The second-order valence-corrected chi connectivity index (χ2v) is 4.10. The van der Waals surface area contributed by atoms with Gasteiger partial charge in [-0.25, -0.2) is 4.39 Å². The third-order valence-electron chi connectivity index (χ3n) is 2.38. The average molecular weight is 262 g/mol. The summed E-state index contributed by atoms with van der Waals surface area (Å²) in [6, 6.07) is 10.9. The van der Waals surface area contributed by atoms with Crippen LogP contribution in [0, 0.1) is 17.1 Å². The largest absolute Gasteiger partial charge is 0.397 e.